The smallest absolute Gasteiger partial charge is 1.00 e. The van der Waals surface area contributed by atoms with Crippen molar-refractivity contribution in [2.75, 3.05) is 0 Å². The van der Waals surface area contributed by atoms with E-state index >= 15 is 0 Å². The summed E-state index contributed by atoms with van der Waals surface area (Å²) in [5.74, 6) is -0.250. The van der Waals surface area contributed by atoms with Crippen LogP contribution in [-0.4, -0.2) is 46.2 Å². The van der Waals surface area contributed by atoms with E-state index in [9.17, 15) is 19.2 Å². The summed E-state index contributed by atoms with van der Waals surface area (Å²) in [7, 11) is 0. The van der Waals surface area contributed by atoms with Crippen LogP contribution in [0.25, 0.3) is 0 Å². The Morgan fingerprint density at radius 2 is 0.800 bits per heavy atom. The maximum Gasteiger partial charge on any atom is 2.00 e. The van der Waals surface area contributed by atoms with Crippen molar-refractivity contribution in [1.82, 2.24) is 0 Å². The van der Waals surface area contributed by atoms with Crippen LogP contribution >= 0.6 is 0 Å². The van der Waals surface area contributed by atoms with Gasteiger partial charge in [0.05, 0.1) is 12.8 Å². The van der Waals surface area contributed by atoms with Crippen molar-refractivity contribution in [3.63, 3.8) is 0 Å². The maximum absolute atomic E-state index is 10.0. The van der Waals surface area contributed by atoms with Crippen molar-refractivity contribution in [1.29, 1.82) is 0 Å². The molecular weight excluding hydrogens is 208 g/mol. The normalized spacial score (nSPS) is 7.73. The van der Waals surface area contributed by atoms with Gasteiger partial charge in [0.15, 0.2) is 0 Å². The number of Topliss-reactive ketones (excluding diaryl/α,β-unsaturated/α-hetero) is 4. The van der Waals surface area contributed by atoms with Crippen molar-refractivity contribution >= 4 is 46.2 Å². The second-order valence-electron chi connectivity index (χ2n) is 3.16. The van der Waals surface area contributed by atoms with Gasteiger partial charge in [0.25, 0.3) is 0 Å². The van der Waals surface area contributed by atoms with Gasteiger partial charge >= 0.3 is 23.1 Å². The number of carbonyl (C=O) groups is 4. The quantitative estimate of drug-likeness (QED) is 0.529. The number of carbonyl (C=O) groups excluding carboxylic acids is 4. The van der Waals surface area contributed by atoms with Crippen molar-refractivity contribution < 1.29 is 22.0 Å². The van der Waals surface area contributed by atoms with E-state index in [-0.39, 0.29) is 61.9 Å². The molecule has 0 spiro atoms. The summed E-state index contributed by atoms with van der Waals surface area (Å²) in [4.78, 5) is 40.1. The van der Waals surface area contributed by atoms with Gasteiger partial charge in [-0.05, 0) is 27.7 Å². The molecule has 0 unspecified atom stereocenters. The molecule has 0 saturated carbocycles. The minimum absolute atomic E-state index is 0. The summed E-state index contributed by atoms with van der Waals surface area (Å²) in [6, 6.07) is 0. The first-order chi connectivity index (χ1) is 6.25. The van der Waals surface area contributed by atoms with E-state index in [4.69, 9.17) is 0 Å². The third kappa shape index (κ3) is 31.8. The molecule has 5 heteroatoms. The summed E-state index contributed by atoms with van der Waals surface area (Å²) in [5.41, 5.74) is 0. The molecule has 0 heterocycles. The fourth-order valence-electron chi connectivity index (χ4n) is 0.701. The molecule has 4 nitrogen and oxygen atoms in total. The van der Waals surface area contributed by atoms with E-state index in [1.807, 2.05) is 0 Å². The zero-order valence-corrected chi connectivity index (χ0v) is 11.2. The van der Waals surface area contributed by atoms with Crippen molar-refractivity contribution in [3.05, 3.63) is 0 Å². The summed E-state index contributed by atoms with van der Waals surface area (Å²) in [6.45, 7) is 5.62. The van der Waals surface area contributed by atoms with Gasteiger partial charge in [-0.25, -0.2) is 0 Å². The van der Waals surface area contributed by atoms with E-state index in [1.54, 1.807) is 0 Å². The largest absolute Gasteiger partial charge is 2.00 e. The van der Waals surface area contributed by atoms with E-state index < -0.39 is 0 Å². The van der Waals surface area contributed by atoms with Gasteiger partial charge in [0.1, 0.15) is 23.1 Å². The van der Waals surface area contributed by atoms with Crippen LogP contribution in [0.3, 0.4) is 0 Å². The standard InChI is InChI=1S/2C5H8O2.Mg.2H/c2*1-4(6)3-5(2)7;;;/h2*3H2,1-2H3;;;/q;;+2;2*-1. The molecule has 0 radical (unpaired) electrons. The van der Waals surface area contributed by atoms with Crippen LogP contribution in [0, 0.1) is 0 Å². The van der Waals surface area contributed by atoms with E-state index in [2.05, 4.69) is 0 Å². The van der Waals surface area contributed by atoms with Gasteiger partial charge in [-0.1, -0.05) is 0 Å². The average Bonchev–Trinajstić information content (AvgIpc) is 1.79. The molecule has 0 aliphatic carbocycles. The van der Waals surface area contributed by atoms with Crippen molar-refractivity contribution in [2.24, 2.45) is 0 Å². The summed E-state index contributed by atoms with van der Waals surface area (Å²) in [5, 5.41) is 0. The molecule has 0 aliphatic heterocycles. The van der Waals surface area contributed by atoms with Crippen LogP contribution in [0.5, 0.6) is 0 Å². The third-order valence-electron chi connectivity index (χ3n) is 0.996. The van der Waals surface area contributed by atoms with Crippen molar-refractivity contribution in [2.45, 2.75) is 40.5 Å². The molecule has 0 aromatic rings. The van der Waals surface area contributed by atoms with E-state index in [0.29, 0.717) is 0 Å². The fraction of sp³-hybridized carbons (Fsp3) is 0.600. The Morgan fingerprint density at radius 1 is 0.667 bits per heavy atom. The number of hydrogen-bond donors (Lipinski definition) is 0. The molecule has 0 amide bonds. The van der Waals surface area contributed by atoms with Crippen molar-refractivity contribution in [3.8, 4) is 0 Å². The first-order valence-electron chi connectivity index (χ1n) is 4.23. The molecule has 15 heavy (non-hydrogen) atoms. The van der Waals surface area contributed by atoms with Crippen LogP contribution in [0.2, 0.25) is 0 Å². The Hall–Kier alpha value is -0.554. The molecule has 0 N–H and O–H groups in total. The number of ketones is 4. The van der Waals surface area contributed by atoms with Gasteiger partial charge in [-0.15, -0.1) is 0 Å². The summed E-state index contributed by atoms with van der Waals surface area (Å²) < 4.78 is 0. The van der Waals surface area contributed by atoms with Gasteiger partial charge < -0.3 is 2.85 Å². The van der Waals surface area contributed by atoms with Crippen LogP contribution in [-0.2, 0) is 19.2 Å². The molecule has 84 valence electrons. The molecule has 0 saturated heterocycles. The molecule has 0 aliphatic rings. The number of rotatable bonds is 4. The van der Waals surface area contributed by atoms with E-state index in [1.165, 1.54) is 27.7 Å². The minimum Gasteiger partial charge on any atom is -1.00 e. The van der Waals surface area contributed by atoms with Crippen LogP contribution in [0.15, 0.2) is 0 Å². The predicted octanol–water partition coefficient (Wildman–Crippen LogP) is 0.953. The first kappa shape index (κ1) is 19.9. The zero-order valence-electron chi connectivity index (χ0n) is 11.8. The molecule has 0 aromatic heterocycles. The Kier molecular flexibility index (Phi) is 15.3. The maximum atomic E-state index is 10.0. The van der Waals surface area contributed by atoms with Crippen LogP contribution in [0.1, 0.15) is 43.4 Å². The SMILES string of the molecule is CC(=O)CC(C)=O.CC(=O)CC(C)=O.[H-].[H-].[Mg+2]. The minimum atomic E-state index is -0.0625. The van der Waals surface area contributed by atoms with Crippen LogP contribution in [0.4, 0.5) is 0 Å². The van der Waals surface area contributed by atoms with Gasteiger partial charge in [-0.3, -0.25) is 19.2 Å². The second-order valence-corrected chi connectivity index (χ2v) is 3.16. The Morgan fingerprint density at radius 3 is 0.800 bits per heavy atom. The third-order valence-corrected chi connectivity index (χ3v) is 0.996. The number of hydrogen-bond acceptors (Lipinski definition) is 4. The molecule has 0 fully saturated rings. The van der Waals surface area contributed by atoms with Gasteiger partial charge in [0.2, 0.25) is 0 Å². The first-order valence-corrected chi connectivity index (χ1v) is 4.23. The van der Waals surface area contributed by atoms with Crippen LogP contribution < -0.4 is 0 Å². The summed E-state index contributed by atoms with van der Waals surface area (Å²) >= 11 is 0. The topological polar surface area (TPSA) is 68.3 Å². The molecule has 0 bridgehead atoms. The second kappa shape index (κ2) is 11.5. The van der Waals surface area contributed by atoms with Gasteiger partial charge in [-0.2, -0.15) is 0 Å². The van der Waals surface area contributed by atoms with Gasteiger partial charge in [0, 0.05) is 0 Å². The molecule has 0 aromatic carbocycles. The average molecular weight is 227 g/mol. The molecular formula is C10H18MgO4. The Balaban J connectivity index is -0.0000000480. The van der Waals surface area contributed by atoms with E-state index in [0.717, 1.165) is 0 Å². The monoisotopic (exact) mass is 226 g/mol. The fourth-order valence-corrected chi connectivity index (χ4v) is 0.701. The molecule has 0 rings (SSSR count). The molecule has 0 atom stereocenters. The Labute approximate surface area is 109 Å². The predicted molar refractivity (Wildman–Crippen MR) is 59.9 cm³/mol. The Bertz CT molecular complexity index is 205. The summed E-state index contributed by atoms with van der Waals surface area (Å²) in [6.07, 6.45) is 0.167. The zero-order chi connectivity index (χ0) is 11.7.